The van der Waals surface area contributed by atoms with Crippen LogP contribution in [0.5, 0.6) is 5.75 Å². The van der Waals surface area contributed by atoms with Crippen molar-refractivity contribution in [2.75, 3.05) is 37.7 Å². The maximum Gasteiger partial charge on any atom is 0.222 e. The zero-order chi connectivity index (χ0) is 21.3. The summed E-state index contributed by atoms with van der Waals surface area (Å²) in [6.07, 6.45) is 8.97. The average Bonchev–Trinajstić information content (AvgIpc) is 2.73. The van der Waals surface area contributed by atoms with Gasteiger partial charge in [-0.15, -0.1) is 0 Å². The van der Waals surface area contributed by atoms with Crippen LogP contribution in [0.3, 0.4) is 0 Å². The number of anilines is 2. The molecule has 1 aliphatic rings. The fraction of sp³-hybridized carbons (Fsp3) is 0.583. The van der Waals surface area contributed by atoms with Crippen LogP contribution in [-0.4, -0.2) is 41.1 Å². The number of nitrogen functional groups attached to an aromatic ring is 2. The normalized spacial score (nSPS) is 14.7. The molecule has 1 aromatic carbocycles. The molecule has 1 aromatic heterocycles. The first-order chi connectivity index (χ1) is 14.6. The number of likely N-dealkylation sites (tertiary alicyclic amines) is 1. The maximum atomic E-state index is 6.26. The monoisotopic (exact) mass is 411 g/mol. The van der Waals surface area contributed by atoms with E-state index in [4.69, 9.17) is 16.2 Å². The summed E-state index contributed by atoms with van der Waals surface area (Å²) in [5, 5.41) is 0. The molecule has 164 valence electrons. The van der Waals surface area contributed by atoms with Crippen LogP contribution in [0.2, 0.25) is 0 Å². The Hall–Kier alpha value is -2.34. The van der Waals surface area contributed by atoms with Crippen molar-refractivity contribution in [3.8, 4) is 5.75 Å². The zero-order valence-electron chi connectivity index (χ0n) is 18.6. The summed E-state index contributed by atoms with van der Waals surface area (Å²) in [5.41, 5.74) is 16.5. The van der Waals surface area contributed by atoms with E-state index in [0.717, 1.165) is 48.6 Å². The molecule has 1 fully saturated rings. The molecular weight excluding hydrogens is 374 g/mol. The van der Waals surface area contributed by atoms with Crippen molar-refractivity contribution in [3.05, 3.63) is 40.6 Å². The number of unbranched alkanes of at least 4 members (excludes halogenated alkanes) is 2. The Bertz CT molecular complexity index is 817. The molecule has 0 atom stereocenters. The lowest BCUT2D eigenvalue weighted by Gasteiger charge is -2.26. The van der Waals surface area contributed by atoms with E-state index in [-0.39, 0.29) is 5.95 Å². The molecule has 1 saturated heterocycles. The Morgan fingerprint density at radius 1 is 1.07 bits per heavy atom. The Labute approximate surface area is 181 Å². The number of benzene rings is 1. The Balaban J connectivity index is 1.70. The largest absolute Gasteiger partial charge is 0.492 e. The van der Waals surface area contributed by atoms with Crippen LogP contribution in [0, 0.1) is 6.92 Å². The highest BCUT2D eigenvalue weighted by molar-refractivity contribution is 5.50. The van der Waals surface area contributed by atoms with Crippen LogP contribution >= 0.6 is 0 Å². The molecule has 0 bridgehead atoms. The molecule has 3 rings (SSSR count). The molecule has 0 aliphatic carbocycles. The van der Waals surface area contributed by atoms with E-state index in [0.29, 0.717) is 12.2 Å². The van der Waals surface area contributed by atoms with Gasteiger partial charge in [0.1, 0.15) is 18.2 Å². The van der Waals surface area contributed by atoms with Gasteiger partial charge >= 0.3 is 0 Å². The molecule has 4 N–H and O–H groups in total. The predicted molar refractivity (Wildman–Crippen MR) is 124 cm³/mol. The van der Waals surface area contributed by atoms with E-state index >= 15 is 0 Å². The molecule has 0 radical (unpaired) electrons. The number of aromatic nitrogens is 2. The number of piperidine rings is 1. The lowest BCUT2D eigenvalue weighted by Crippen LogP contribution is -2.33. The van der Waals surface area contributed by atoms with Crippen LogP contribution in [-0.2, 0) is 12.8 Å². The van der Waals surface area contributed by atoms with Crippen LogP contribution < -0.4 is 16.2 Å². The van der Waals surface area contributed by atoms with E-state index in [1.807, 2.05) is 0 Å². The molecule has 0 unspecified atom stereocenters. The summed E-state index contributed by atoms with van der Waals surface area (Å²) in [5.74, 6) is 1.70. The first kappa shape index (κ1) is 22.3. The van der Waals surface area contributed by atoms with E-state index in [1.54, 1.807) is 0 Å². The predicted octanol–water partition coefficient (Wildman–Crippen LogP) is 4.14. The standard InChI is InChI=1S/C24H37N5O/c1-3-4-6-11-21-20(23(25)28-24(26)27-21)17-19-10-9-12-22(18(19)2)30-16-15-29-13-7-5-8-14-29/h9-10,12H,3-8,11,13-17H2,1-2H3,(H4,25,26,27,28). The average molecular weight is 412 g/mol. The number of rotatable bonds is 10. The van der Waals surface area contributed by atoms with Gasteiger partial charge in [-0.25, -0.2) is 4.98 Å². The highest BCUT2D eigenvalue weighted by atomic mass is 16.5. The summed E-state index contributed by atoms with van der Waals surface area (Å²) < 4.78 is 6.15. The Morgan fingerprint density at radius 2 is 1.87 bits per heavy atom. The first-order valence-corrected chi connectivity index (χ1v) is 11.4. The van der Waals surface area contributed by atoms with Crippen LogP contribution in [0.4, 0.5) is 11.8 Å². The van der Waals surface area contributed by atoms with Crippen LogP contribution in [0.25, 0.3) is 0 Å². The van der Waals surface area contributed by atoms with E-state index in [1.165, 1.54) is 50.8 Å². The minimum absolute atomic E-state index is 0.259. The number of ether oxygens (including phenoxy) is 1. The van der Waals surface area contributed by atoms with Gasteiger partial charge in [0.05, 0.1) is 5.69 Å². The van der Waals surface area contributed by atoms with Crippen molar-refractivity contribution >= 4 is 11.8 Å². The minimum atomic E-state index is 0.259. The van der Waals surface area contributed by atoms with Gasteiger partial charge in [0.2, 0.25) is 5.95 Å². The summed E-state index contributed by atoms with van der Waals surface area (Å²) in [6, 6.07) is 6.25. The molecule has 2 heterocycles. The quantitative estimate of drug-likeness (QED) is 0.571. The second kappa shape index (κ2) is 11.2. The van der Waals surface area contributed by atoms with Crippen LogP contribution in [0.1, 0.15) is 67.8 Å². The summed E-state index contributed by atoms with van der Waals surface area (Å²) in [7, 11) is 0. The Morgan fingerprint density at radius 3 is 2.63 bits per heavy atom. The van der Waals surface area contributed by atoms with Crippen molar-refractivity contribution in [2.24, 2.45) is 0 Å². The highest BCUT2D eigenvalue weighted by Gasteiger charge is 2.15. The van der Waals surface area contributed by atoms with Crippen molar-refractivity contribution in [3.63, 3.8) is 0 Å². The molecular formula is C24H37N5O. The second-order valence-corrected chi connectivity index (χ2v) is 8.32. The van der Waals surface area contributed by atoms with Gasteiger partial charge in [0.15, 0.2) is 0 Å². The molecule has 0 amide bonds. The van der Waals surface area contributed by atoms with E-state index in [2.05, 4.69) is 46.9 Å². The van der Waals surface area contributed by atoms with Crippen molar-refractivity contribution < 1.29 is 4.74 Å². The smallest absolute Gasteiger partial charge is 0.222 e. The topological polar surface area (TPSA) is 90.3 Å². The Kier molecular flexibility index (Phi) is 8.31. The minimum Gasteiger partial charge on any atom is -0.492 e. The van der Waals surface area contributed by atoms with Crippen LogP contribution in [0.15, 0.2) is 18.2 Å². The summed E-state index contributed by atoms with van der Waals surface area (Å²) in [6.45, 7) is 8.42. The number of hydrogen-bond acceptors (Lipinski definition) is 6. The van der Waals surface area contributed by atoms with Crippen molar-refractivity contribution in [1.82, 2.24) is 14.9 Å². The SMILES string of the molecule is CCCCCc1nc(N)nc(N)c1Cc1cccc(OCCN2CCCCC2)c1C. The van der Waals surface area contributed by atoms with E-state index in [9.17, 15) is 0 Å². The first-order valence-electron chi connectivity index (χ1n) is 11.4. The van der Waals surface area contributed by atoms with Gasteiger partial charge in [0, 0.05) is 18.5 Å². The second-order valence-electron chi connectivity index (χ2n) is 8.32. The lowest BCUT2D eigenvalue weighted by atomic mass is 9.97. The van der Waals surface area contributed by atoms with Crippen molar-refractivity contribution in [2.45, 2.75) is 65.2 Å². The molecule has 6 heteroatoms. The molecule has 0 saturated carbocycles. The maximum absolute atomic E-state index is 6.26. The number of nitrogens with zero attached hydrogens (tertiary/aromatic N) is 3. The summed E-state index contributed by atoms with van der Waals surface area (Å²) in [4.78, 5) is 11.2. The molecule has 6 nitrogen and oxygen atoms in total. The van der Waals surface area contributed by atoms with E-state index < -0.39 is 0 Å². The third-order valence-corrected chi connectivity index (χ3v) is 6.04. The zero-order valence-corrected chi connectivity index (χ0v) is 18.6. The van der Waals surface area contributed by atoms with Gasteiger partial charge in [-0.3, -0.25) is 4.90 Å². The lowest BCUT2D eigenvalue weighted by molar-refractivity contribution is 0.183. The summed E-state index contributed by atoms with van der Waals surface area (Å²) >= 11 is 0. The van der Waals surface area contributed by atoms with Gasteiger partial charge in [-0.05, 0) is 62.9 Å². The number of hydrogen-bond donors (Lipinski definition) is 2. The molecule has 0 spiro atoms. The number of aryl methyl sites for hydroxylation is 1. The van der Waals surface area contributed by atoms with Gasteiger partial charge in [-0.1, -0.05) is 38.3 Å². The molecule has 1 aliphatic heterocycles. The third kappa shape index (κ3) is 6.08. The van der Waals surface area contributed by atoms with Gasteiger partial charge in [-0.2, -0.15) is 4.98 Å². The van der Waals surface area contributed by atoms with Gasteiger partial charge in [0.25, 0.3) is 0 Å². The van der Waals surface area contributed by atoms with Crippen molar-refractivity contribution in [1.29, 1.82) is 0 Å². The third-order valence-electron chi connectivity index (χ3n) is 6.04. The number of nitrogens with two attached hydrogens (primary N) is 2. The fourth-order valence-electron chi connectivity index (χ4n) is 4.18. The van der Waals surface area contributed by atoms with Gasteiger partial charge < -0.3 is 16.2 Å². The molecule has 2 aromatic rings. The highest BCUT2D eigenvalue weighted by Crippen LogP contribution is 2.27. The fourth-order valence-corrected chi connectivity index (χ4v) is 4.18. The molecule has 30 heavy (non-hydrogen) atoms.